The average molecular weight is 205 g/mol. The van der Waals surface area contributed by atoms with E-state index in [0.29, 0.717) is 10.7 Å². The lowest BCUT2D eigenvalue weighted by Gasteiger charge is -2.00. The topological polar surface area (TPSA) is 45.5 Å². The fourth-order valence-electron chi connectivity index (χ4n) is 0.804. The minimum Gasteiger partial charge on any atom is -0.410 e. The van der Waals surface area contributed by atoms with Crippen LogP contribution in [0.1, 0.15) is 11.3 Å². The number of halogens is 2. The molecule has 3 nitrogen and oxygen atoms in total. The Morgan fingerprint density at radius 3 is 2.83 bits per heavy atom. The van der Waals surface area contributed by atoms with Gasteiger partial charge in [0.15, 0.2) is 5.17 Å². The molecule has 0 unspecified atom stereocenters. The average Bonchev–Trinajstić information content (AvgIpc) is 2.03. The number of nitrogens with zero attached hydrogens (tertiary/aromatic N) is 2. The Kier molecular flexibility index (Phi) is 2.89. The zero-order chi connectivity index (χ0) is 9.14. The van der Waals surface area contributed by atoms with Gasteiger partial charge in [-0.1, -0.05) is 28.4 Å². The van der Waals surface area contributed by atoms with Crippen LogP contribution < -0.4 is 0 Å². The zero-order valence-electron chi connectivity index (χ0n) is 6.25. The summed E-state index contributed by atoms with van der Waals surface area (Å²) in [4.78, 5) is 3.89. The van der Waals surface area contributed by atoms with Crippen molar-refractivity contribution in [1.29, 1.82) is 0 Å². The highest BCUT2D eigenvalue weighted by Crippen LogP contribution is 2.13. The first kappa shape index (κ1) is 9.29. The summed E-state index contributed by atoms with van der Waals surface area (Å²) in [6.07, 6.45) is 1.44. The first-order valence-corrected chi connectivity index (χ1v) is 3.91. The zero-order valence-corrected chi connectivity index (χ0v) is 7.76. The van der Waals surface area contributed by atoms with E-state index in [0.717, 1.165) is 5.56 Å². The first-order chi connectivity index (χ1) is 5.65. The quantitative estimate of drug-likeness (QED) is 0.434. The van der Waals surface area contributed by atoms with Crippen LogP contribution in [0.2, 0.25) is 5.02 Å². The first-order valence-electron chi connectivity index (χ1n) is 3.15. The molecule has 0 bridgehead atoms. The highest BCUT2D eigenvalue weighted by molar-refractivity contribution is 6.69. The minimum absolute atomic E-state index is 0.0378. The summed E-state index contributed by atoms with van der Waals surface area (Å²) in [5.74, 6) is 0. The molecule has 1 aromatic rings. The summed E-state index contributed by atoms with van der Waals surface area (Å²) in [7, 11) is 0. The van der Waals surface area contributed by atoms with Crippen molar-refractivity contribution in [3.63, 3.8) is 0 Å². The molecule has 64 valence electrons. The number of aryl methyl sites for hydroxylation is 1. The standard InChI is InChI=1S/C7H6Cl2N2O/c1-4-2-5(8)3-10-6(4)7(9)11-12/h2-3,12H,1H3. The number of rotatable bonds is 1. The molecule has 1 heterocycles. The van der Waals surface area contributed by atoms with Crippen molar-refractivity contribution < 1.29 is 5.21 Å². The van der Waals surface area contributed by atoms with Gasteiger partial charge in [-0.05, 0) is 18.6 Å². The van der Waals surface area contributed by atoms with Crippen molar-refractivity contribution in [2.75, 3.05) is 0 Å². The van der Waals surface area contributed by atoms with Gasteiger partial charge in [-0.15, -0.1) is 0 Å². The van der Waals surface area contributed by atoms with Crippen molar-refractivity contribution in [1.82, 2.24) is 4.98 Å². The summed E-state index contributed by atoms with van der Waals surface area (Å²) in [5.41, 5.74) is 1.20. The molecule has 0 atom stereocenters. The molecule has 0 spiro atoms. The largest absolute Gasteiger partial charge is 0.410 e. The van der Waals surface area contributed by atoms with Crippen LogP contribution in [-0.4, -0.2) is 15.4 Å². The van der Waals surface area contributed by atoms with E-state index in [2.05, 4.69) is 10.1 Å². The lowest BCUT2D eigenvalue weighted by atomic mass is 10.2. The van der Waals surface area contributed by atoms with Gasteiger partial charge in [0.25, 0.3) is 0 Å². The van der Waals surface area contributed by atoms with Gasteiger partial charge in [0.2, 0.25) is 0 Å². The molecule has 0 aromatic carbocycles. The van der Waals surface area contributed by atoms with Crippen LogP contribution in [0.4, 0.5) is 0 Å². The molecule has 5 heteroatoms. The molecular formula is C7H6Cl2N2O. The van der Waals surface area contributed by atoms with E-state index in [-0.39, 0.29) is 5.17 Å². The highest BCUT2D eigenvalue weighted by atomic mass is 35.5. The third-order valence-corrected chi connectivity index (χ3v) is 1.79. The van der Waals surface area contributed by atoms with Gasteiger partial charge in [0.1, 0.15) is 5.69 Å². The summed E-state index contributed by atoms with van der Waals surface area (Å²) in [6.45, 7) is 1.78. The lowest BCUT2D eigenvalue weighted by molar-refractivity contribution is 0.320. The van der Waals surface area contributed by atoms with Gasteiger partial charge in [0.05, 0.1) is 5.02 Å². The number of hydrogen-bond donors (Lipinski definition) is 1. The molecule has 1 N–H and O–H groups in total. The second-order valence-corrected chi connectivity index (χ2v) is 3.00. The van der Waals surface area contributed by atoms with E-state index in [1.807, 2.05) is 0 Å². The second kappa shape index (κ2) is 3.74. The smallest absolute Gasteiger partial charge is 0.194 e. The van der Waals surface area contributed by atoms with Gasteiger partial charge in [-0.2, -0.15) is 0 Å². The van der Waals surface area contributed by atoms with Crippen LogP contribution in [0.15, 0.2) is 17.4 Å². The van der Waals surface area contributed by atoms with Crippen LogP contribution in [0.5, 0.6) is 0 Å². The van der Waals surface area contributed by atoms with Gasteiger partial charge >= 0.3 is 0 Å². The highest BCUT2D eigenvalue weighted by Gasteiger charge is 2.06. The second-order valence-electron chi connectivity index (χ2n) is 2.21. The van der Waals surface area contributed by atoms with Crippen LogP contribution in [0.25, 0.3) is 0 Å². The summed E-state index contributed by atoms with van der Waals surface area (Å²) in [6, 6.07) is 1.69. The Morgan fingerprint density at radius 2 is 2.33 bits per heavy atom. The van der Waals surface area contributed by atoms with Crippen LogP contribution in [0.3, 0.4) is 0 Å². The third-order valence-electron chi connectivity index (χ3n) is 1.33. The maximum atomic E-state index is 8.36. The molecule has 0 aliphatic heterocycles. The van der Waals surface area contributed by atoms with E-state index in [1.165, 1.54) is 6.20 Å². The number of aromatic nitrogens is 1. The molecule has 0 aliphatic carbocycles. The fourth-order valence-corrected chi connectivity index (χ4v) is 1.21. The summed E-state index contributed by atoms with van der Waals surface area (Å²) < 4.78 is 0. The molecule has 0 radical (unpaired) electrons. The number of hydrogen-bond acceptors (Lipinski definition) is 3. The summed E-state index contributed by atoms with van der Waals surface area (Å²) in [5, 5.41) is 11.7. The van der Waals surface area contributed by atoms with Crippen molar-refractivity contribution in [2.24, 2.45) is 5.16 Å². The van der Waals surface area contributed by atoms with E-state index in [1.54, 1.807) is 13.0 Å². The Morgan fingerprint density at radius 1 is 1.67 bits per heavy atom. The maximum absolute atomic E-state index is 8.36. The fraction of sp³-hybridized carbons (Fsp3) is 0.143. The van der Waals surface area contributed by atoms with Crippen LogP contribution >= 0.6 is 23.2 Å². The normalized spacial score (nSPS) is 11.8. The Hall–Kier alpha value is -0.800. The molecule has 0 fully saturated rings. The van der Waals surface area contributed by atoms with Crippen LogP contribution in [-0.2, 0) is 0 Å². The maximum Gasteiger partial charge on any atom is 0.194 e. The monoisotopic (exact) mass is 204 g/mol. The van der Waals surface area contributed by atoms with Gasteiger partial charge in [-0.25, -0.2) is 0 Å². The van der Waals surface area contributed by atoms with Crippen LogP contribution in [0, 0.1) is 6.92 Å². The Labute approximate surface area is 79.6 Å². The molecule has 0 aliphatic rings. The van der Waals surface area contributed by atoms with Crippen molar-refractivity contribution in [3.8, 4) is 0 Å². The molecule has 0 saturated heterocycles. The lowest BCUT2D eigenvalue weighted by Crippen LogP contribution is -1.98. The van der Waals surface area contributed by atoms with Gasteiger partial charge < -0.3 is 5.21 Å². The van der Waals surface area contributed by atoms with Crippen molar-refractivity contribution in [3.05, 3.63) is 28.5 Å². The summed E-state index contributed by atoms with van der Waals surface area (Å²) >= 11 is 11.2. The van der Waals surface area contributed by atoms with E-state index >= 15 is 0 Å². The molecule has 1 rings (SSSR count). The Balaban J connectivity index is 3.18. The molecule has 0 amide bonds. The molecule has 12 heavy (non-hydrogen) atoms. The number of pyridine rings is 1. The van der Waals surface area contributed by atoms with Gasteiger partial charge in [-0.3, -0.25) is 4.98 Å². The molecule has 0 saturated carbocycles. The predicted molar refractivity (Wildman–Crippen MR) is 48.2 cm³/mol. The third kappa shape index (κ3) is 1.87. The minimum atomic E-state index is -0.0378. The molecule has 1 aromatic heterocycles. The van der Waals surface area contributed by atoms with E-state index < -0.39 is 0 Å². The van der Waals surface area contributed by atoms with Crippen molar-refractivity contribution >= 4 is 28.4 Å². The number of oxime groups is 1. The molecular weight excluding hydrogens is 199 g/mol. The SMILES string of the molecule is Cc1cc(Cl)cnc1C(Cl)=NO. The van der Waals surface area contributed by atoms with E-state index in [9.17, 15) is 0 Å². The van der Waals surface area contributed by atoms with E-state index in [4.69, 9.17) is 28.4 Å². The Bertz CT molecular complexity index is 325. The predicted octanol–water partition coefficient (Wildman–Crippen LogP) is 2.42. The van der Waals surface area contributed by atoms with Crippen molar-refractivity contribution in [2.45, 2.75) is 6.92 Å². The van der Waals surface area contributed by atoms with Gasteiger partial charge in [0, 0.05) is 6.20 Å².